The maximum atomic E-state index is 12.7. The predicted octanol–water partition coefficient (Wildman–Crippen LogP) is 4.19. The fourth-order valence-corrected chi connectivity index (χ4v) is 3.33. The summed E-state index contributed by atoms with van der Waals surface area (Å²) < 4.78 is 1.48. The Hall–Kier alpha value is -1.56. The zero-order chi connectivity index (χ0) is 19.5. The highest BCUT2D eigenvalue weighted by Crippen LogP contribution is 2.29. The number of benzene rings is 1. The minimum atomic E-state index is -0.178. The van der Waals surface area contributed by atoms with Gasteiger partial charge in [0.25, 0.3) is 5.56 Å². The van der Waals surface area contributed by atoms with Crippen molar-refractivity contribution in [1.29, 1.82) is 0 Å². The highest BCUT2D eigenvalue weighted by atomic mass is 35.5. The lowest BCUT2D eigenvalue weighted by atomic mass is 9.91. The van der Waals surface area contributed by atoms with Crippen molar-refractivity contribution in [1.82, 2.24) is 9.55 Å². The van der Waals surface area contributed by atoms with Gasteiger partial charge in [-0.15, -0.1) is 0 Å². The number of nitrogens with zero attached hydrogens (tertiary/aromatic N) is 3. The van der Waals surface area contributed by atoms with Gasteiger partial charge in [0.15, 0.2) is 0 Å². The maximum absolute atomic E-state index is 12.7. The van der Waals surface area contributed by atoms with Crippen LogP contribution in [0.4, 0.5) is 5.82 Å². The number of hydrogen-bond donors (Lipinski definition) is 1. The summed E-state index contributed by atoms with van der Waals surface area (Å²) in [5, 5.41) is 0.749. The minimum Gasteiger partial charge on any atom is -0.356 e. The zero-order valence-corrected chi connectivity index (χ0v) is 17.2. The summed E-state index contributed by atoms with van der Waals surface area (Å²) in [4.78, 5) is 19.4. The molecule has 0 radical (unpaired) electrons. The number of aryl methyl sites for hydroxylation is 1. The second kappa shape index (κ2) is 8.42. The first kappa shape index (κ1) is 20.7. The van der Waals surface area contributed by atoms with Gasteiger partial charge < -0.3 is 10.6 Å². The van der Waals surface area contributed by atoms with Crippen LogP contribution < -0.4 is 16.2 Å². The van der Waals surface area contributed by atoms with Gasteiger partial charge in [0.1, 0.15) is 11.6 Å². The first-order valence-corrected chi connectivity index (χ1v) is 9.63. The predicted molar refractivity (Wildman–Crippen MR) is 110 cm³/mol. The molecule has 5 nitrogen and oxygen atoms in total. The van der Waals surface area contributed by atoms with Crippen LogP contribution in [-0.4, -0.2) is 28.2 Å². The van der Waals surface area contributed by atoms with Crippen LogP contribution in [0.5, 0.6) is 0 Å². The SMILES string of the molecule is CC.Cc1nc(N2CCC(C)(N)CC2)cc(=O)n1-c1cccc(Cl)c1Cl. The van der Waals surface area contributed by atoms with Crippen LogP contribution in [0.3, 0.4) is 0 Å². The molecule has 3 rings (SSSR count). The molecular formula is C19H26Cl2N4O. The summed E-state index contributed by atoms with van der Waals surface area (Å²) in [6, 6.07) is 6.75. The molecule has 7 heteroatoms. The lowest BCUT2D eigenvalue weighted by Gasteiger charge is -2.37. The first-order chi connectivity index (χ1) is 12.3. The number of rotatable bonds is 2. The van der Waals surface area contributed by atoms with E-state index in [9.17, 15) is 4.79 Å². The molecule has 0 bridgehead atoms. The Labute approximate surface area is 164 Å². The van der Waals surface area contributed by atoms with E-state index in [1.54, 1.807) is 31.2 Å². The molecule has 142 valence electrons. The number of hydrogen-bond acceptors (Lipinski definition) is 4. The smallest absolute Gasteiger partial charge is 0.260 e. The van der Waals surface area contributed by atoms with Crippen LogP contribution in [0.15, 0.2) is 29.1 Å². The van der Waals surface area contributed by atoms with Crippen molar-refractivity contribution in [2.45, 2.75) is 46.1 Å². The lowest BCUT2D eigenvalue weighted by molar-refractivity contribution is 0.363. The molecule has 1 fully saturated rings. The Balaban J connectivity index is 0.00000117. The maximum Gasteiger partial charge on any atom is 0.260 e. The van der Waals surface area contributed by atoms with Gasteiger partial charge in [0.2, 0.25) is 0 Å². The normalized spacial score (nSPS) is 16.0. The van der Waals surface area contributed by atoms with Gasteiger partial charge in [-0.1, -0.05) is 43.1 Å². The molecule has 0 spiro atoms. The summed E-state index contributed by atoms with van der Waals surface area (Å²) in [5.74, 6) is 1.25. The van der Waals surface area contributed by atoms with E-state index in [1.807, 2.05) is 13.8 Å². The Bertz CT molecular complexity index is 823. The molecule has 1 aliphatic heterocycles. The minimum absolute atomic E-state index is 0.144. The third kappa shape index (κ3) is 4.40. The van der Waals surface area contributed by atoms with E-state index in [0.29, 0.717) is 27.4 Å². The summed E-state index contributed by atoms with van der Waals surface area (Å²) in [7, 11) is 0. The average Bonchev–Trinajstić information content (AvgIpc) is 2.59. The highest BCUT2D eigenvalue weighted by molar-refractivity contribution is 6.43. The molecule has 0 aliphatic carbocycles. The van der Waals surface area contributed by atoms with E-state index in [-0.39, 0.29) is 11.1 Å². The number of anilines is 1. The van der Waals surface area contributed by atoms with Gasteiger partial charge in [-0.2, -0.15) is 0 Å². The third-order valence-corrected chi connectivity index (χ3v) is 5.28. The van der Waals surface area contributed by atoms with Gasteiger partial charge in [0.05, 0.1) is 15.7 Å². The van der Waals surface area contributed by atoms with Crippen molar-refractivity contribution < 1.29 is 0 Å². The van der Waals surface area contributed by atoms with Crippen molar-refractivity contribution in [3.05, 3.63) is 50.5 Å². The second-order valence-electron chi connectivity index (χ2n) is 6.55. The number of aromatic nitrogens is 2. The van der Waals surface area contributed by atoms with Gasteiger partial charge in [0, 0.05) is 24.7 Å². The molecule has 1 saturated heterocycles. The molecule has 0 atom stereocenters. The van der Waals surface area contributed by atoms with Crippen LogP contribution in [0.2, 0.25) is 10.0 Å². The van der Waals surface area contributed by atoms with E-state index in [2.05, 4.69) is 16.8 Å². The Morgan fingerprint density at radius 1 is 1.19 bits per heavy atom. The topological polar surface area (TPSA) is 64.2 Å². The van der Waals surface area contributed by atoms with Crippen molar-refractivity contribution >= 4 is 29.0 Å². The Morgan fingerprint density at radius 2 is 1.81 bits per heavy atom. The van der Waals surface area contributed by atoms with Crippen LogP contribution in [0, 0.1) is 6.92 Å². The summed E-state index contributed by atoms with van der Waals surface area (Å²) >= 11 is 12.3. The molecule has 2 aromatic rings. The fraction of sp³-hybridized carbons (Fsp3) is 0.474. The summed E-state index contributed by atoms with van der Waals surface area (Å²) in [6.07, 6.45) is 1.74. The zero-order valence-electron chi connectivity index (χ0n) is 15.7. The molecule has 1 aromatic heterocycles. The van der Waals surface area contributed by atoms with Crippen LogP contribution >= 0.6 is 23.2 Å². The van der Waals surface area contributed by atoms with Gasteiger partial charge in [-0.3, -0.25) is 9.36 Å². The largest absolute Gasteiger partial charge is 0.356 e. The van der Waals surface area contributed by atoms with E-state index < -0.39 is 0 Å². The first-order valence-electron chi connectivity index (χ1n) is 8.87. The second-order valence-corrected chi connectivity index (χ2v) is 7.33. The standard InChI is InChI=1S/C17H20Cl2N4O.C2H6/c1-11-21-14(22-8-6-17(2,20)7-9-22)10-15(24)23(11)13-5-3-4-12(18)16(13)19;1-2/h3-5,10H,6-9,20H2,1-2H3;1-2H3. The average molecular weight is 397 g/mol. The van der Waals surface area contributed by atoms with Gasteiger partial charge in [-0.25, -0.2) is 4.98 Å². The number of nitrogens with two attached hydrogens (primary N) is 1. The molecule has 0 unspecified atom stereocenters. The summed E-state index contributed by atoms with van der Waals surface area (Å²) in [6.45, 7) is 9.43. The van der Waals surface area contributed by atoms with E-state index in [0.717, 1.165) is 25.9 Å². The monoisotopic (exact) mass is 396 g/mol. The lowest BCUT2D eigenvalue weighted by Crippen LogP contribution is -2.48. The van der Waals surface area contributed by atoms with Gasteiger partial charge in [-0.05, 0) is 38.8 Å². The molecule has 1 aromatic carbocycles. The molecule has 1 aliphatic rings. The molecule has 2 N–H and O–H groups in total. The van der Waals surface area contributed by atoms with Crippen LogP contribution in [0.1, 0.15) is 39.4 Å². The Kier molecular flexibility index (Phi) is 6.72. The highest BCUT2D eigenvalue weighted by Gasteiger charge is 2.27. The van der Waals surface area contributed by atoms with Crippen molar-refractivity contribution in [3.63, 3.8) is 0 Å². The molecule has 0 saturated carbocycles. The van der Waals surface area contributed by atoms with Gasteiger partial charge >= 0.3 is 0 Å². The van der Waals surface area contributed by atoms with E-state index in [1.165, 1.54) is 4.57 Å². The van der Waals surface area contributed by atoms with E-state index in [4.69, 9.17) is 28.9 Å². The number of halogens is 2. The molecular weight excluding hydrogens is 371 g/mol. The third-order valence-electron chi connectivity index (χ3n) is 4.47. The summed E-state index contributed by atoms with van der Waals surface area (Å²) in [5.41, 5.74) is 6.39. The molecule has 0 amide bonds. The van der Waals surface area contributed by atoms with E-state index >= 15 is 0 Å². The quantitative estimate of drug-likeness (QED) is 0.825. The fourth-order valence-electron chi connectivity index (χ4n) is 2.95. The van der Waals surface area contributed by atoms with Crippen LogP contribution in [0.25, 0.3) is 5.69 Å². The van der Waals surface area contributed by atoms with Crippen molar-refractivity contribution in [2.24, 2.45) is 5.73 Å². The molecule has 26 heavy (non-hydrogen) atoms. The van der Waals surface area contributed by atoms with Crippen molar-refractivity contribution in [3.8, 4) is 5.69 Å². The Morgan fingerprint density at radius 3 is 2.38 bits per heavy atom. The van der Waals surface area contributed by atoms with Crippen LogP contribution in [-0.2, 0) is 0 Å². The number of piperidine rings is 1. The molecule has 2 heterocycles. The van der Waals surface area contributed by atoms with Crippen molar-refractivity contribution in [2.75, 3.05) is 18.0 Å².